The van der Waals surface area contributed by atoms with Crippen LogP contribution in [0.3, 0.4) is 0 Å². The van der Waals surface area contributed by atoms with Gasteiger partial charge in [-0.1, -0.05) is 12.1 Å². The van der Waals surface area contributed by atoms with Gasteiger partial charge in [0.1, 0.15) is 11.5 Å². The topological polar surface area (TPSA) is 64.1 Å². The molecule has 0 radical (unpaired) electrons. The number of nitrogens with one attached hydrogen (secondary N) is 1. The van der Waals surface area contributed by atoms with E-state index in [1.165, 1.54) is 31.4 Å². The first kappa shape index (κ1) is 17.6. The van der Waals surface area contributed by atoms with Crippen molar-refractivity contribution in [2.24, 2.45) is 0 Å². The minimum atomic E-state index is -4.60. The van der Waals surface area contributed by atoms with Crippen LogP contribution in [0.25, 0.3) is 0 Å². The van der Waals surface area contributed by atoms with Crippen LogP contribution in [-0.2, 0) is 15.7 Å². The van der Waals surface area contributed by atoms with Gasteiger partial charge >= 0.3 is 12.1 Å². The molecular weight excluding hydrogens is 330 g/mol. The summed E-state index contributed by atoms with van der Waals surface area (Å²) in [5.41, 5.74) is -0.654. The average molecular weight is 343 g/mol. The van der Waals surface area contributed by atoms with Crippen LogP contribution in [-0.4, -0.2) is 29.6 Å². The molecule has 0 saturated heterocycles. The fraction of sp³-hybridized carbons (Fsp3) is 0.267. The van der Waals surface area contributed by atoms with Gasteiger partial charge in [0.2, 0.25) is 5.95 Å². The highest BCUT2D eigenvalue weighted by molar-refractivity contribution is 5.78. The number of benzene rings is 1. The van der Waals surface area contributed by atoms with Gasteiger partial charge in [-0.2, -0.15) is 13.2 Å². The number of hydrogen-bond acceptors (Lipinski definition) is 5. The van der Waals surface area contributed by atoms with Crippen molar-refractivity contribution in [2.75, 3.05) is 19.0 Å². The molecule has 1 aromatic carbocycles. The molecule has 9 heteroatoms. The lowest BCUT2D eigenvalue weighted by atomic mass is 9.99. The van der Waals surface area contributed by atoms with E-state index in [4.69, 9.17) is 0 Å². The van der Waals surface area contributed by atoms with Crippen LogP contribution in [0.2, 0.25) is 0 Å². The lowest BCUT2D eigenvalue weighted by Crippen LogP contribution is -2.23. The molecule has 128 valence electrons. The number of rotatable bonds is 5. The molecule has 1 atom stereocenters. The molecule has 0 spiro atoms. The van der Waals surface area contributed by atoms with Crippen LogP contribution in [0.5, 0.6) is 0 Å². The number of methoxy groups -OCH3 is 1. The zero-order chi connectivity index (χ0) is 17.7. The summed E-state index contributed by atoms with van der Waals surface area (Å²) in [6.45, 7) is -0.111. The molecule has 2 aromatic rings. The zero-order valence-electron chi connectivity index (χ0n) is 12.5. The summed E-state index contributed by atoms with van der Waals surface area (Å²) in [4.78, 5) is 18.9. The number of carbonyl (C=O) groups is 1. The number of esters is 1. The molecule has 0 aliphatic rings. The first-order valence-corrected chi connectivity index (χ1v) is 6.78. The lowest BCUT2D eigenvalue weighted by Gasteiger charge is -2.16. The monoisotopic (exact) mass is 343 g/mol. The highest BCUT2D eigenvalue weighted by Crippen LogP contribution is 2.27. The molecule has 2 rings (SSSR count). The van der Waals surface area contributed by atoms with Gasteiger partial charge in [0.15, 0.2) is 0 Å². The third kappa shape index (κ3) is 4.40. The zero-order valence-corrected chi connectivity index (χ0v) is 12.5. The Balaban J connectivity index is 2.16. The number of nitrogens with zero attached hydrogens (tertiary/aromatic N) is 2. The molecule has 0 saturated carbocycles. The standard InChI is InChI=1S/C15H13F4N3O2/c1-24-13(23)11(9-2-4-10(16)5-3-9)8-21-14-20-7-6-12(22-14)15(17,18)19/h2-7,11H,8H2,1H3,(H,20,21,22). The summed E-state index contributed by atoms with van der Waals surface area (Å²) >= 11 is 0. The van der Waals surface area contributed by atoms with Gasteiger partial charge in [-0.15, -0.1) is 0 Å². The minimum Gasteiger partial charge on any atom is -0.468 e. The third-order valence-electron chi connectivity index (χ3n) is 3.17. The predicted octanol–water partition coefficient (Wildman–Crippen LogP) is 3.00. The fourth-order valence-corrected chi connectivity index (χ4v) is 1.97. The van der Waals surface area contributed by atoms with E-state index in [2.05, 4.69) is 20.0 Å². The Morgan fingerprint density at radius 3 is 2.50 bits per heavy atom. The molecule has 0 aliphatic heterocycles. The van der Waals surface area contributed by atoms with E-state index in [0.717, 1.165) is 12.3 Å². The Hall–Kier alpha value is -2.71. The first-order valence-electron chi connectivity index (χ1n) is 6.78. The largest absolute Gasteiger partial charge is 0.468 e. The van der Waals surface area contributed by atoms with Gasteiger partial charge in [0.25, 0.3) is 0 Å². The number of carbonyl (C=O) groups excluding carboxylic acids is 1. The van der Waals surface area contributed by atoms with E-state index < -0.39 is 29.6 Å². The van der Waals surface area contributed by atoms with Crippen LogP contribution < -0.4 is 5.32 Å². The Labute approximate surface area is 134 Å². The molecule has 0 fully saturated rings. The lowest BCUT2D eigenvalue weighted by molar-refractivity contribution is -0.142. The van der Waals surface area contributed by atoms with Crippen LogP contribution in [0.15, 0.2) is 36.5 Å². The van der Waals surface area contributed by atoms with Crippen molar-refractivity contribution in [3.63, 3.8) is 0 Å². The SMILES string of the molecule is COC(=O)C(CNc1nccc(C(F)(F)F)n1)c1ccc(F)cc1. The Morgan fingerprint density at radius 2 is 1.92 bits per heavy atom. The summed E-state index contributed by atoms with van der Waals surface area (Å²) in [6, 6.07) is 5.87. The second kappa shape index (κ2) is 7.24. The van der Waals surface area contributed by atoms with Gasteiger partial charge < -0.3 is 10.1 Å². The predicted molar refractivity (Wildman–Crippen MR) is 76.7 cm³/mol. The Kier molecular flexibility index (Phi) is 5.32. The number of anilines is 1. The summed E-state index contributed by atoms with van der Waals surface area (Å²) < 4.78 is 55.5. The van der Waals surface area contributed by atoms with Crippen LogP contribution in [0, 0.1) is 5.82 Å². The number of ether oxygens (including phenoxy) is 1. The van der Waals surface area contributed by atoms with Crippen molar-refractivity contribution in [3.05, 3.63) is 53.6 Å². The normalized spacial score (nSPS) is 12.5. The van der Waals surface area contributed by atoms with Crippen molar-refractivity contribution >= 4 is 11.9 Å². The molecule has 1 heterocycles. The van der Waals surface area contributed by atoms with Gasteiger partial charge in [0.05, 0.1) is 13.0 Å². The van der Waals surface area contributed by atoms with Crippen molar-refractivity contribution in [3.8, 4) is 0 Å². The van der Waals surface area contributed by atoms with Crippen LogP contribution >= 0.6 is 0 Å². The van der Waals surface area contributed by atoms with E-state index in [9.17, 15) is 22.4 Å². The van der Waals surface area contributed by atoms with E-state index >= 15 is 0 Å². The molecule has 1 N–H and O–H groups in total. The maximum atomic E-state index is 13.0. The minimum absolute atomic E-state index is 0.111. The van der Waals surface area contributed by atoms with Gasteiger partial charge in [0, 0.05) is 12.7 Å². The maximum absolute atomic E-state index is 13.0. The second-order valence-electron chi connectivity index (χ2n) is 4.77. The summed E-state index contributed by atoms with van der Waals surface area (Å²) in [7, 11) is 1.18. The smallest absolute Gasteiger partial charge is 0.433 e. The molecule has 0 amide bonds. The van der Waals surface area contributed by atoms with Crippen LogP contribution in [0.1, 0.15) is 17.2 Å². The van der Waals surface area contributed by atoms with E-state index in [1.807, 2.05) is 0 Å². The first-order chi connectivity index (χ1) is 11.3. The maximum Gasteiger partial charge on any atom is 0.433 e. The highest BCUT2D eigenvalue weighted by atomic mass is 19.4. The van der Waals surface area contributed by atoms with Gasteiger partial charge in [-0.05, 0) is 23.8 Å². The average Bonchev–Trinajstić information content (AvgIpc) is 2.55. The molecule has 1 aromatic heterocycles. The van der Waals surface area contributed by atoms with Crippen molar-refractivity contribution < 1.29 is 27.1 Å². The van der Waals surface area contributed by atoms with E-state index in [1.54, 1.807) is 0 Å². The fourth-order valence-electron chi connectivity index (χ4n) is 1.97. The van der Waals surface area contributed by atoms with Gasteiger partial charge in [-0.25, -0.2) is 14.4 Å². The summed E-state index contributed by atoms with van der Waals surface area (Å²) in [5, 5.41) is 2.57. The third-order valence-corrected chi connectivity index (χ3v) is 3.17. The van der Waals surface area contributed by atoms with Gasteiger partial charge in [-0.3, -0.25) is 4.79 Å². The summed E-state index contributed by atoms with van der Waals surface area (Å²) in [5.74, 6) is -2.23. The second-order valence-corrected chi connectivity index (χ2v) is 4.77. The molecule has 0 bridgehead atoms. The molecule has 0 aliphatic carbocycles. The molecule has 24 heavy (non-hydrogen) atoms. The molecule has 1 unspecified atom stereocenters. The highest BCUT2D eigenvalue weighted by Gasteiger charge is 2.33. The molecular formula is C15H13F4N3O2. The quantitative estimate of drug-likeness (QED) is 0.668. The van der Waals surface area contributed by atoms with Crippen molar-refractivity contribution in [1.82, 2.24) is 9.97 Å². The molecule has 5 nitrogen and oxygen atoms in total. The van der Waals surface area contributed by atoms with Crippen molar-refractivity contribution in [1.29, 1.82) is 0 Å². The number of aromatic nitrogens is 2. The number of hydrogen-bond donors (Lipinski definition) is 1. The van der Waals surface area contributed by atoms with Crippen LogP contribution in [0.4, 0.5) is 23.5 Å². The summed E-state index contributed by atoms with van der Waals surface area (Å²) in [6.07, 6.45) is -3.64. The Morgan fingerprint density at radius 1 is 1.25 bits per heavy atom. The number of alkyl halides is 3. The van der Waals surface area contributed by atoms with Crippen molar-refractivity contribution in [2.45, 2.75) is 12.1 Å². The number of halogens is 4. The Bertz CT molecular complexity index is 705. The van der Waals surface area contributed by atoms with E-state index in [-0.39, 0.29) is 12.5 Å². The van der Waals surface area contributed by atoms with E-state index in [0.29, 0.717) is 5.56 Å².